The van der Waals surface area contributed by atoms with Crippen molar-refractivity contribution in [3.8, 4) is 11.4 Å². The van der Waals surface area contributed by atoms with Gasteiger partial charge in [0.05, 0.1) is 6.10 Å². The molecule has 1 atom stereocenters. The van der Waals surface area contributed by atoms with Crippen LogP contribution < -0.4 is 4.74 Å². The molecule has 2 aromatic carbocycles. The molecule has 1 N–H and O–H groups in total. The van der Waals surface area contributed by atoms with Gasteiger partial charge < -0.3 is 9.84 Å². The van der Waals surface area contributed by atoms with Crippen LogP contribution in [0.1, 0.15) is 5.56 Å². The lowest BCUT2D eigenvalue weighted by Crippen LogP contribution is -2.20. The lowest BCUT2D eigenvalue weighted by atomic mass is 10.2. The van der Waals surface area contributed by atoms with Crippen LogP contribution in [-0.2, 0) is 0 Å². The average molecular weight is 340 g/mol. The van der Waals surface area contributed by atoms with Crippen LogP contribution in [0.5, 0.6) is 5.75 Å². The average Bonchev–Trinajstić information content (AvgIpc) is 3.08. The maximum atomic E-state index is 10.1. The zero-order valence-electron chi connectivity index (χ0n) is 13.5. The number of nitrogens with zero attached hydrogens (tertiary/aromatic N) is 2. The van der Waals surface area contributed by atoms with Crippen LogP contribution in [0.15, 0.2) is 72.1 Å². The molecule has 0 saturated carbocycles. The highest BCUT2D eigenvalue weighted by molar-refractivity contribution is 7.99. The third-order valence-electron chi connectivity index (χ3n) is 3.48. The normalized spacial score (nSPS) is 12.1. The molecule has 3 aromatic rings. The van der Waals surface area contributed by atoms with Crippen molar-refractivity contribution < 1.29 is 9.84 Å². The Bertz CT molecular complexity index is 774. The van der Waals surface area contributed by atoms with Crippen molar-refractivity contribution in [2.45, 2.75) is 18.2 Å². The quantitative estimate of drug-likeness (QED) is 0.666. The second kappa shape index (κ2) is 8.04. The fourth-order valence-corrected chi connectivity index (χ4v) is 3.18. The van der Waals surface area contributed by atoms with Crippen LogP contribution in [0.4, 0.5) is 0 Å². The molecule has 4 nitrogen and oxygen atoms in total. The number of benzene rings is 2. The summed E-state index contributed by atoms with van der Waals surface area (Å²) in [5.74, 6) is 1.29. The number of thioether (sulfide) groups is 1. The molecule has 0 amide bonds. The molecule has 0 fully saturated rings. The van der Waals surface area contributed by atoms with E-state index in [0.29, 0.717) is 5.75 Å². The summed E-state index contributed by atoms with van der Waals surface area (Å²) in [4.78, 5) is 4.39. The number of aliphatic hydroxyl groups excluding tert-OH is 1. The van der Waals surface area contributed by atoms with Crippen LogP contribution in [0.3, 0.4) is 0 Å². The second-order valence-corrected chi connectivity index (χ2v) is 6.49. The lowest BCUT2D eigenvalue weighted by Gasteiger charge is -2.13. The maximum absolute atomic E-state index is 10.1. The van der Waals surface area contributed by atoms with Gasteiger partial charge in [-0.1, -0.05) is 42.1 Å². The van der Waals surface area contributed by atoms with Gasteiger partial charge in [-0.05, 0) is 36.8 Å². The molecule has 1 aromatic heterocycles. The standard InChI is InChI=1S/C19H20N2O2S/c1-15-6-5-7-16(12-15)21-11-10-20-19(21)24-14-17(22)13-23-18-8-3-2-4-9-18/h2-12,17,22H,13-14H2,1H3. The molecule has 5 heteroatoms. The number of aliphatic hydroxyl groups is 1. The van der Waals surface area contributed by atoms with Crippen LogP contribution in [-0.4, -0.2) is 33.1 Å². The first-order valence-corrected chi connectivity index (χ1v) is 8.80. The first-order chi connectivity index (χ1) is 11.7. The number of para-hydroxylation sites is 1. The number of ether oxygens (including phenoxy) is 1. The molecule has 0 aliphatic rings. The van der Waals surface area contributed by atoms with Crippen molar-refractivity contribution in [2.24, 2.45) is 0 Å². The van der Waals surface area contributed by atoms with E-state index < -0.39 is 6.10 Å². The highest BCUT2D eigenvalue weighted by atomic mass is 32.2. The molecule has 0 aliphatic heterocycles. The third-order valence-corrected chi connectivity index (χ3v) is 4.59. The fourth-order valence-electron chi connectivity index (χ4n) is 2.30. The zero-order chi connectivity index (χ0) is 16.8. The minimum absolute atomic E-state index is 0.266. The number of aryl methyl sites for hydroxylation is 1. The van der Waals surface area contributed by atoms with E-state index in [0.717, 1.165) is 16.6 Å². The van der Waals surface area contributed by atoms with E-state index in [1.54, 1.807) is 6.20 Å². The summed E-state index contributed by atoms with van der Waals surface area (Å²) in [6.45, 7) is 2.33. The van der Waals surface area contributed by atoms with Crippen molar-refractivity contribution in [2.75, 3.05) is 12.4 Å². The fraction of sp³-hybridized carbons (Fsp3) is 0.211. The Morgan fingerprint density at radius 2 is 2.00 bits per heavy atom. The Kier molecular flexibility index (Phi) is 5.56. The van der Waals surface area contributed by atoms with Gasteiger partial charge in [0.15, 0.2) is 5.16 Å². The summed E-state index contributed by atoms with van der Waals surface area (Å²) < 4.78 is 7.61. The van der Waals surface area contributed by atoms with Gasteiger partial charge in [0.25, 0.3) is 0 Å². The Hall–Kier alpha value is -2.24. The molecule has 0 aliphatic carbocycles. The van der Waals surface area contributed by atoms with E-state index in [9.17, 15) is 5.11 Å². The molecule has 1 unspecified atom stereocenters. The Balaban J connectivity index is 1.56. The zero-order valence-corrected chi connectivity index (χ0v) is 14.3. The summed E-state index contributed by atoms with van der Waals surface area (Å²) in [6, 6.07) is 17.8. The van der Waals surface area contributed by atoms with Crippen molar-refractivity contribution in [3.05, 3.63) is 72.6 Å². The van der Waals surface area contributed by atoms with Crippen LogP contribution in [0.2, 0.25) is 0 Å². The van der Waals surface area contributed by atoms with Crippen molar-refractivity contribution in [3.63, 3.8) is 0 Å². The van der Waals surface area contributed by atoms with Crippen LogP contribution >= 0.6 is 11.8 Å². The molecular formula is C19H20N2O2S. The molecule has 124 valence electrons. The number of hydrogen-bond acceptors (Lipinski definition) is 4. The topological polar surface area (TPSA) is 47.3 Å². The minimum Gasteiger partial charge on any atom is -0.491 e. The third kappa shape index (κ3) is 4.40. The summed E-state index contributed by atoms with van der Waals surface area (Å²) in [6.07, 6.45) is 3.15. The molecule has 0 spiro atoms. The Morgan fingerprint density at radius 3 is 2.79 bits per heavy atom. The number of rotatable bonds is 7. The van der Waals surface area contributed by atoms with Crippen LogP contribution in [0.25, 0.3) is 5.69 Å². The van der Waals surface area contributed by atoms with Gasteiger partial charge in [0, 0.05) is 23.8 Å². The van der Waals surface area contributed by atoms with E-state index in [-0.39, 0.29) is 6.61 Å². The van der Waals surface area contributed by atoms with E-state index in [4.69, 9.17) is 4.74 Å². The summed E-state index contributed by atoms with van der Waals surface area (Å²) in [5.41, 5.74) is 2.28. The molecule has 0 radical (unpaired) electrons. The molecule has 0 bridgehead atoms. The predicted molar refractivity (Wildman–Crippen MR) is 97.0 cm³/mol. The van der Waals surface area contributed by atoms with Gasteiger partial charge in [-0.3, -0.25) is 4.57 Å². The predicted octanol–water partition coefficient (Wildman–Crippen LogP) is 3.71. The molecule has 1 heterocycles. The van der Waals surface area contributed by atoms with Gasteiger partial charge in [-0.2, -0.15) is 0 Å². The Labute approximate surface area is 146 Å². The molecule has 24 heavy (non-hydrogen) atoms. The highest BCUT2D eigenvalue weighted by Crippen LogP contribution is 2.22. The van der Waals surface area contributed by atoms with E-state index in [1.165, 1.54) is 17.3 Å². The van der Waals surface area contributed by atoms with Gasteiger partial charge in [-0.25, -0.2) is 4.98 Å². The van der Waals surface area contributed by atoms with E-state index in [1.807, 2.05) is 53.2 Å². The van der Waals surface area contributed by atoms with Gasteiger partial charge in [-0.15, -0.1) is 0 Å². The Morgan fingerprint density at radius 1 is 1.17 bits per heavy atom. The van der Waals surface area contributed by atoms with Crippen molar-refractivity contribution in [1.82, 2.24) is 9.55 Å². The summed E-state index contributed by atoms with van der Waals surface area (Å²) in [5, 5.41) is 11.0. The van der Waals surface area contributed by atoms with Crippen LogP contribution in [0, 0.1) is 6.92 Å². The molecule has 0 saturated heterocycles. The lowest BCUT2D eigenvalue weighted by molar-refractivity contribution is 0.126. The summed E-state index contributed by atoms with van der Waals surface area (Å²) in [7, 11) is 0. The summed E-state index contributed by atoms with van der Waals surface area (Å²) >= 11 is 1.52. The van der Waals surface area contributed by atoms with Crippen molar-refractivity contribution >= 4 is 11.8 Å². The first-order valence-electron chi connectivity index (χ1n) is 7.81. The monoisotopic (exact) mass is 340 g/mol. The minimum atomic E-state index is -0.558. The molecular weight excluding hydrogens is 320 g/mol. The highest BCUT2D eigenvalue weighted by Gasteiger charge is 2.11. The van der Waals surface area contributed by atoms with Crippen molar-refractivity contribution in [1.29, 1.82) is 0 Å². The SMILES string of the molecule is Cc1cccc(-n2ccnc2SCC(O)COc2ccccc2)c1. The van der Waals surface area contributed by atoms with Gasteiger partial charge in [0.2, 0.25) is 0 Å². The van der Waals surface area contributed by atoms with E-state index >= 15 is 0 Å². The smallest absolute Gasteiger partial charge is 0.172 e. The largest absolute Gasteiger partial charge is 0.491 e. The first kappa shape index (κ1) is 16.6. The van der Waals surface area contributed by atoms with Gasteiger partial charge >= 0.3 is 0 Å². The van der Waals surface area contributed by atoms with E-state index in [2.05, 4.69) is 24.0 Å². The number of hydrogen-bond donors (Lipinski definition) is 1. The number of aromatic nitrogens is 2. The molecule has 3 rings (SSSR count). The maximum Gasteiger partial charge on any atom is 0.172 e. The second-order valence-electron chi connectivity index (χ2n) is 5.51. The van der Waals surface area contributed by atoms with Gasteiger partial charge in [0.1, 0.15) is 12.4 Å². The number of imidazole rings is 1.